The molecule has 0 aromatic rings. The molecule has 0 aromatic heterocycles. The molecule has 4 nitrogen and oxygen atoms in total. The second kappa shape index (κ2) is 8.72. The Morgan fingerprint density at radius 1 is 1.43 bits per heavy atom. The Morgan fingerprint density at radius 3 is 2.64 bits per heavy atom. The van der Waals surface area contributed by atoms with Crippen molar-refractivity contribution in [3.8, 4) is 0 Å². The first kappa shape index (κ1) is 13.1. The number of primary amides is 1. The van der Waals surface area contributed by atoms with E-state index in [4.69, 9.17) is 15.6 Å². The highest BCUT2D eigenvalue weighted by atomic mass is 16.6. The summed E-state index contributed by atoms with van der Waals surface area (Å²) in [5.74, 6) is -0.247. The first-order valence-electron chi connectivity index (χ1n) is 4.87. The van der Waals surface area contributed by atoms with Crippen molar-refractivity contribution in [1.82, 2.24) is 0 Å². The molecule has 0 radical (unpaired) electrons. The minimum absolute atomic E-state index is 0.247. The molecule has 82 valence electrons. The zero-order valence-corrected chi connectivity index (χ0v) is 8.45. The van der Waals surface area contributed by atoms with Gasteiger partial charge in [0.2, 0.25) is 5.91 Å². The van der Waals surface area contributed by atoms with E-state index >= 15 is 0 Å². The third kappa shape index (κ3) is 9.22. The molecular formula is C10H19NO3. The van der Waals surface area contributed by atoms with E-state index < -0.39 is 6.29 Å². The Labute approximate surface area is 84.7 Å². The van der Waals surface area contributed by atoms with Gasteiger partial charge in [0.25, 0.3) is 0 Å². The van der Waals surface area contributed by atoms with Gasteiger partial charge in [-0.3, -0.25) is 4.79 Å². The number of aliphatic hydroxyl groups is 1. The van der Waals surface area contributed by atoms with E-state index in [0.29, 0.717) is 13.0 Å². The molecule has 0 rings (SSSR count). The summed E-state index contributed by atoms with van der Waals surface area (Å²) in [5.41, 5.74) is 4.98. The Hall–Kier alpha value is -0.870. The van der Waals surface area contributed by atoms with Crippen molar-refractivity contribution in [2.75, 3.05) is 6.61 Å². The zero-order valence-electron chi connectivity index (χ0n) is 8.45. The molecule has 0 heterocycles. The first-order chi connectivity index (χ1) is 6.66. The summed E-state index contributed by atoms with van der Waals surface area (Å²) in [6.45, 7) is 3.90. The molecular weight excluding hydrogens is 182 g/mol. The summed E-state index contributed by atoms with van der Waals surface area (Å²) >= 11 is 0. The minimum atomic E-state index is -0.861. The lowest BCUT2D eigenvalue weighted by Crippen LogP contribution is -2.10. The lowest BCUT2D eigenvalue weighted by atomic mass is 10.1. The van der Waals surface area contributed by atoms with Crippen LogP contribution >= 0.6 is 0 Å². The van der Waals surface area contributed by atoms with Crippen molar-refractivity contribution < 1.29 is 14.6 Å². The van der Waals surface area contributed by atoms with Crippen molar-refractivity contribution >= 4 is 5.91 Å². The number of carbonyl (C=O) groups excluding carboxylic acids is 1. The SMILES string of the molecule is C=CC(O)OCCCCCCC(N)=O. The molecule has 1 amide bonds. The van der Waals surface area contributed by atoms with Gasteiger partial charge in [0.15, 0.2) is 6.29 Å². The van der Waals surface area contributed by atoms with Crippen LogP contribution in [0, 0.1) is 0 Å². The van der Waals surface area contributed by atoms with E-state index in [1.54, 1.807) is 0 Å². The van der Waals surface area contributed by atoms with Crippen LogP contribution in [0.25, 0.3) is 0 Å². The summed E-state index contributed by atoms with van der Waals surface area (Å²) in [7, 11) is 0. The molecule has 1 atom stereocenters. The van der Waals surface area contributed by atoms with E-state index in [1.165, 1.54) is 6.08 Å². The number of ether oxygens (including phenoxy) is 1. The Kier molecular flexibility index (Phi) is 8.17. The van der Waals surface area contributed by atoms with Gasteiger partial charge in [-0.25, -0.2) is 0 Å². The Balaban J connectivity index is 3.06. The van der Waals surface area contributed by atoms with Crippen LogP contribution in [0.4, 0.5) is 0 Å². The summed E-state index contributed by atoms with van der Waals surface area (Å²) in [6.07, 6.45) is 4.60. The van der Waals surface area contributed by atoms with Gasteiger partial charge in [-0.2, -0.15) is 0 Å². The van der Waals surface area contributed by atoms with Gasteiger partial charge in [0.1, 0.15) is 0 Å². The Morgan fingerprint density at radius 2 is 2.07 bits per heavy atom. The van der Waals surface area contributed by atoms with Crippen molar-refractivity contribution in [3.05, 3.63) is 12.7 Å². The highest BCUT2D eigenvalue weighted by molar-refractivity contribution is 5.73. The van der Waals surface area contributed by atoms with E-state index in [1.807, 2.05) is 0 Å². The largest absolute Gasteiger partial charge is 0.370 e. The molecule has 0 fully saturated rings. The minimum Gasteiger partial charge on any atom is -0.370 e. The first-order valence-corrected chi connectivity index (χ1v) is 4.87. The van der Waals surface area contributed by atoms with Gasteiger partial charge in [-0.1, -0.05) is 19.4 Å². The van der Waals surface area contributed by atoms with E-state index in [9.17, 15) is 4.79 Å². The average molecular weight is 201 g/mol. The second-order valence-corrected chi connectivity index (χ2v) is 3.13. The molecule has 0 bridgehead atoms. The molecule has 14 heavy (non-hydrogen) atoms. The smallest absolute Gasteiger partial charge is 0.217 e. The maximum absolute atomic E-state index is 10.4. The standard InChI is InChI=1S/C10H19NO3/c1-2-10(13)14-8-6-4-3-5-7-9(11)12/h2,10,13H,1,3-8H2,(H2,11,12). The molecule has 0 saturated heterocycles. The predicted molar refractivity (Wildman–Crippen MR) is 54.4 cm³/mol. The van der Waals surface area contributed by atoms with Crippen LogP contribution in [-0.2, 0) is 9.53 Å². The van der Waals surface area contributed by atoms with Crippen LogP contribution < -0.4 is 5.73 Å². The van der Waals surface area contributed by atoms with E-state index in [2.05, 4.69) is 6.58 Å². The van der Waals surface area contributed by atoms with Crippen LogP contribution in [-0.4, -0.2) is 23.9 Å². The molecule has 1 unspecified atom stereocenters. The van der Waals surface area contributed by atoms with E-state index in [0.717, 1.165) is 25.7 Å². The quantitative estimate of drug-likeness (QED) is 0.331. The van der Waals surface area contributed by atoms with Gasteiger partial charge in [0, 0.05) is 6.42 Å². The maximum Gasteiger partial charge on any atom is 0.217 e. The summed E-state index contributed by atoms with van der Waals surface area (Å²) in [4.78, 5) is 10.4. The molecule has 0 spiro atoms. The Bertz CT molecular complexity index is 171. The number of hydrogen-bond acceptors (Lipinski definition) is 3. The lowest BCUT2D eigenvalue weighted by molar-refractivity contribution is -0.118. The number of carbonyl (C=O) groups is 1. The average Bonchev–Trinajstić information content (AvgIpc) is 2.15. The maximum atomic E-state index is 10.4. The van der Waals surface area contributed by atoms with Gasteiger partial charge >= 0.3 is 0 Å². The van der Waals surface area contributed by atoms with E-state index in [-0.39, 0.29) is 5.91 Å². The third-order valence-electron chi connectivity index (χ3n) is 1.81. The predicted octanol–water partition coefficient (Wildman–Crippen LogP) is 0.943. The fourth-order valence-electron chi connectivity index (χ4n) is 1.03. The number of rotatable bonds is 9. The number of amides is 1. The monoisotopic (exact) mass is 201 g/mol. The van der Waals surface area contributed by atoms with Crippen molar-refractivity contribution in [3.63, 3.8) is 0 Å². The topological polar surface area (TPSA) is 72.6 Å². The second-order valence-electron chi connectivity index (χ2n) is 3.13. The molecule has 0 aliphatic carbocycles. The highest BCUT2D eigenvalue weighted by Crippen LogP contribution is 2.03. The van der Waals surface area contributed by atoms with Crippen LogP contribution in [0.1, 0.15) is 32.1 Å². The normalized spacial score (nSPS) is 12.4. The highest BCUT2D eigenvalue weighted by Gasteiger charge is 1.97. The molecule has 4 heteroatoms. The van der Waals surface area contributed by atoms with Crippen LogP contribution in [0.3, 0.4) is 0 Å². The third-order valence-corrected chi connectivity index (χ3v) is 1.81. The lowest BCUT2D eigenvalue weighted by Gasteiger charge is -2.06. The molecule has 0 aliphatic rings. The van der Waals surface area contributed by atoms with Crippen LogP contribution in [0.15, 0.2) is 12.7 Å². The van der Waals surface area contributed by atoms with Gasteiger partial charge in [0.05, 0.1) is 6.61 Å². The number of hydrogen-bond donors (Lipinski definition) is 2. The number of nitrogens with two attached hydrogens (primary N) is 1. The van der Waals surface area contributed by atoms with Crippen molar-refractivity contribution in [2.24, 2.45) is 5.73 Å². The van der Waals surface area contributed by atoms with Gasteiger partial charge in [-0.15, -0.1) is 0 Å². The molecule has 0 saturated carbocycles. The fourth-order valence-corrected chi connectivity index (χ4v) is 1.03. The summed E-state index contributed by atoms with van der Waals surface area (Å²) in [5, 5.41) is 8.93. The fraction of sp³-hybridized carbons (Fsp3) is 0.700. The van der Waals surface area contributed by atoms with Crippen LogP contribution in [0.5, 0.6) is 0 Å². The molecule has 0 aromatic carbocycles. The van der Waals surface area contributed by atoms with Gasteiger partial charge in [-0.05, 0) is 18.9 Å². The number of unbranched alkanes of at least 4 members (excludes halogenated alkanes) is 3. The van der Waals surface area contributed by atoms with Crippen molar-refractivity contribution in [1.29, 1.82) is 0 Å². The number of aliphatic hydroxyl groups excluding tert-OH is 1. The van der Waals surface area contributed by atoms with Crippen molar-refractivity contribution in [2.45, 2.75) is 38.4 Å². The molecule has 0 aliphatic heterocycles. The summed E-state index contributed by atoms with van der Waals surface area (Å²) < 4.78 is 4.96. The summed E-state index contributed by atoms with van der Waals surface area (Å²) in [6, 6.07) is 0. The van der Waals surface area contributed by atoms with Gasteiger partial charge < -0.3 is 15.6 Å². The van der Waals surface area contributed by atoms with Crippen LogP contribution in [0.2, 0.25) is 0 Å². The zero-order chi connectivity index (χ0) is 10.8. The molecule has 3 N–H and O–H groups in total.